The number of rotatable bonds is 4. The second kappa shape index (κ2) is 6.21. The number of benzene rings is 1. The average Bonchev–Trinajstić information content (AvgIpc) is 2.32. The molecule has 3 heteroatoms. The summed E-state index contributed by atoms with van der Waals surface area (Å²) in [5.74, 6) is -0.216. The highest BCUT2D eigenvalue weighted by molar-refractivity contribution is 5.20. The molecule has 0 amide bonds. The Morgan fingerprint density at radius 1 is 1.30 bits per heavy atom. The first-order chi connectivity index (χ1) is 9.38. The molecule has 2 N–H and O–H groups in total. The Kier molecular flexibility index (Phi) is 4.79. The fourth-order valence-corrected chi connectivity index (χ4v) is 3.61. The molecule has 0 aromatic heterocycles. The van der Waals surface area contributed by atoms with E-state index in [1.807, 2.05) is 0 Å². The lowest BCUT2D eigenvalue weighted by molar-refractivity contribution is 0.200. The number of nitrogens with two attached hydrogens (primary N) is 1. The molecular weight excluding hydrogens is 256 g/mol. The third-order valence-electron chi connectivity index (χ3n) is 4.33. The van der Waals surface area contributed by atoms with Gasteiger partial charge in [-0.2, -0.15) is 0 Å². The van der Waals surface area contributed by atoms with Crippen molar-refractivity contribution in [1.82, 2.24) is 0 Å². The van der Waals surface area contributed by atoms with E-state index in [4.69, 9.17) is 5.73 Å². The van der Waals surface area contributed by atoms with Gasteiger partial charge in [0.15, 0.2) is 11.6 Å². The van der Waals surface area contributed by atoms with Gasteiger partial charge in [0.1, 0.15) is 0 Å². The highest BCUT2D eigenvalue weighted by atomic mass is 19.2. The van der Waals surface area contributed by atoms with Gasteiger partial charge < -0.3 is 5.73 Å². The van der Waals surface area contributed by atoms with Crippen LogP contribution in [0.4, 0.5) is 8.78 Å². The fraction of sp³-hybridized carbons (Fsp3) is 0.647. The van der Waals surface area contributed by atoms with Crippen LogP contribution in [0, 0.1) is 23.5 Å². The third-order valence-corrected chi connectivity index (χ3v) is 4.33. The summed E-state index contributed by atoms with van der Waals surface area (Å²) in [6.07, 6.45) is 6.19. The van der Waals surface area contributed by atoms with Crippen molar-refractivity contribution in [2.24, 2.45) is 17.6 Å². The summed E-state index contributed by atoms with van der Waals surface area (Å²) in [5, 5.41) is 0. The smallest absolute Gasteiger partial charge is 0.159 e. The van der Waals surface area contributed by atoms with Gasteiger partial charge in [-0.1, -0.05) is 32.8 Å². The van der Waals surface area contributed by atoms with Crippen LogP contribution >= 0.6 is 0 Å². The van der Waals surface area contributed by atoms with Crippen molar-refractivity contribution in [3.8, 4) is 0 Å². The quantitative estimate of drug-likeness (QED) is 0.867. The maximum absolute atomic E-state index is 13.3. The summed E-state index contributed by atoms with van der Waals surface area (Å²) in [4.78, 5) is 0. The molecule has 1 aromatic carbocycles. The van der Waals surface area contributed by atoms with Crippen molar-refractivity contribution in [3.63, 3.8) is 0 Å². The molecular formula is C17H25F2N. The van der Waals surface area contributed by atoms with Crippen LogP contribution in [-0.2, 0) is 6.42 Å². The van der Waals surface area contributed by atoms with Crippen molar-refractivity contribution >= 4 is 0 Å². The van der Waals surface area contributed by atoms with Crippen LogP contribution in [-0.4, -0.2) is 5.54 Å². The monoisotopic (exact) mass is 281 g/mol. The lowest BCUT2D eigenvalue weighted by Gasteiger charge is -2.39. The molecule has 0 bridgehead atoms. The first-order valence-corrected chi connectivity index (χ1v) is 7.61. The summed E-state index contributed by atoms with van der Waals surface area (Å²) in [6, 6.07) is 4.14. The van der Waals surface area contributed by atoms with Gasteiger partial charge in [0.25, 0.3) is 0 Å². The van der Waals surface area contributed by atoms with Gasteiger partial charge in [0.2, 0.25) is 0 Å². The van der Waals surface area contributed by atoms with Crippen molar-refractivity contribution in [2.75, 3.05) is 0 Å². The van der Waals surface area contributed by atoms with Crippen molar-refractivity contribution < 1.29 is 8.78 Å². The molecule has 1 nitrogen and oxygen atoms in total. The number of hydrogen-bond acceptors (Lipinski definition) is 1. The minimum atomic E-state index is -0.791. The zero-order valence-corrected chi connectivity index (χ0v) is 12.5. The van der Waals surface area contributed by atoms with E-state index in [-0.39, 0.29) is 5.54 Å². The van der Waals surface area contributed by atoms with Gasteiger partial charge in [0, 0.05) is 5.54 Å². The van der Waals surface area contributed by atoms with Gasteiger partial charge >= 0.3 is 0 Å². The molecule has 0 spiro atoms. The molecule has 1 aliphatic rings. The van der Waals surface area contributed by atoms with Gasteiger partial charge in [0.05, 0.1) is 0 Å². The summed E-state index contributed by atoms with van der Waals surface area (Å²) in [5.41, 5.74) is 7.07. The Labute approximate surface area is 120 Å². The van der Waals surface area contributed by atoms with Gasteiger partial charge in [-0.3, -0.25) is 0 Å². The first kappa shape index (κ1) is 15.4. The Balaban J connectivity index is 2.04. The minimum absolute atomic E-state index is 0.262. The molecule has 20 heavy (non-hydrogen) atoms. The Bertz CT molecular complexity index is 458. The van der Waals surface area contributed by atoms with Crippen LogP contribution in [0.25, 0.3) is 0 Å². The van der Waals surface area contributed by atoms with Crippen LogP contribution in [0.3, 0.4) is 0 Å². The molecule has 0 saturated heterocycles. The van der Waals surface area contributed by atoms with Crippen LogP contribution in [0.15, 0.2) is 18.2 Å². The molecule has 2 atom stereocenters. The molecule has 1 fully saturated rings. The molecule has 0 aliphatic heterocycles. The van der Waals surface area contributed by atoms with E-state index in [2.05, 4.69) is 13.8 Å². The van der Waals surface area contributed by atoms with Crippen LogP contribution < -0.4 is 5.73 Å². The molecule has 0 heterocycles. The van der Waals surface area contributed by atoms with Crippen LogP contribution in [0.2, 0.25) is 0 Å². The number of halogens is 2. The lowest BCUT2D eigenvalue weighted by atomic mass is 9.71. The average molecular weight is 281 g/mol. The van der Waals surface area contributed by atoms with E-state index in [1.165, 1.54) is 25.0 Å². The molecule has 1 aliphatic carbocycles. The highest BCUT2D eigenvalue weighted by Gasteiger charge is 2.33. The van der Waals surface area contributed by atoms with Crippen molar-refractivity contribution in [2.45, 2.75) is 57.9 Å². The Morgan fingerprint density at radius 2 is 2.05 bits per heavy atom. The summed E-state index contributed by atoms with van der Waals surface area (Å²) < 4.78 is 26.3. The minimum Gasteiger partial charge on any atom is -0.325 e. The van der Waals surface area contributed by atoms with E-state index in [9.17, 15) is 8.78 Å². The normalized spacial score (nSPS) is 27.0. The van der Waals surface area contributed by atoms with E-state index in [0.717, 1.165) is 24.8 Å². The second-order valence-corrected chi connectivity index (χ2v) is 6.88. The summed E-state index contributed by atoms with van der Waals surface area (Å²) >= 11 is 0. The SMILES string of the molecule is CC(C)CC1CCCC(N)(Cc2ccc(F)c(F)c2)C1. The molecule has 1 saturated carbocycles. The Morgan fingerprint density at radius 3 is 2.70 bits per heavy atom. The third kappa shape index (κ3) is 4.02. The predicted molar refractivity (Wildman–Crippen MR) is 78.4 cm³/mol. The second-order valence-electron chi connectivity index (χ2n) is 6.88. The number of hydrogen-bond donors (Lipinski definition) is 1. The van der Waals surface area contributed by atoms with Crippen molar-refractivity contribution in [1.29, 1.82) is 0 Å². The molecule has 2 rings (SSSR count). The maximum atomic E-state index is 13.3. The topological polar surface area (TPSA) is 26.0 Å². The highest BCUT2D eigenvalue weighted by Crippen LogP contribution is 2.36. The summed E-state index contributed by atoms with van der Waals surface area (Å²) in [6.45, 7) is 4.48. The largest absolute Gasteiger partial charge is 0.325 e. The standard InChI is InChI=1S/C17H25F2N/c1-12(2)8-13-4-3-7-17(20,10-13)11-14-5-6-15(18)16(19)9-14/h5-6,9,12-13H,3-4,7-8,10-11,20H2,1-2H3. The molecule has 1 aromatic rings. The van der Waals surface area contributed by atoms with Crippen LogP contribution in [0.1, 0.15) is 51.5 Å². The summed E-state index contributed by atoms with van der Waals surface area (Å²) in [7, 11) is 0. The Hall–Kier alpha value is -0.960. The zero-order valence-electron chi connectivity index (χ0n) is 12.5. The predicted octanol–water partition coefficient (Wildman–Crippen LogP) is 4.44. The maximum Gasteiger partial charge on any atom is 0.159 e. The van der Waals surface area contributed by atoms with E-state index >= 15 is 0 Å². The van der Waals surface area contributed by atoms with Crippen molar-refractivity contribution in [3.05, 3.63) is 35.4 Å². The van der Waals surface area contributed by atoms with Gasteiger partial charge in [-0.05, 0) is 55.2 Å². The first-order valence-electron chi connectivity index (χ1n) is 7.61. The van der Waals surface area contributed by atoms with E-state index in [1.54, 1.807) is 6.07 Å². The lowest BCUT2D eigenvalue weighted by Crippen LogP contribution is -2.46. The zero-order chi connectivity index (χ0) is 14.8. The van der Waals surface area contributed by atoms with Gasteiger partial charge in [-0.15, -0.1) is 0 Å². The molecule has 112 valence electrons. The molecule has 0 radical (unpaired) electrons. The van der Waals surface area contributed by atoms with Gasteiger partial charge in [-0.25, -0.2) is 8.78 Å². The van der Waals surface area contributed by atoms with E-state index in [0.29, 0.717) is 18.3 Å². The fourth-order valence-electron chi connectivity index (χ4n) is 3.61. The van der Waals surface area contributed by atoms with Crippen LogP contribution in [0.5, 0.6) is 0 Å². The van der Waals surface area contributed by atoms with E-state index < -0.39 is 11.6 Å². The molecule has 2 unspecified atom stereocenters.